The van der Waals surface area contributed by atoms with Gasteiger partial charge >= 0.3 is 5.97 Å². The van der Waals surface area contributed by atoms with Gasteiger partial charge in [0, 0.05) is 35.8 Å². The van der Waals surface area contributed by atoms with E-state index in [4.69, 9.17) is 4.74 Å². The summed E-state index contributed by atoms with van der Waals surface area (Å²) in [4.78, 5) is 18.8. The molecule has 1 atom stereocenters. The summed E-state index contributed by atoms with van der Waals surface area (Å²) in [7, 11) is 1.41. The van der Waals surface area contributed by atoms with E-state index in [-0.39, 0.29) is 5.97 Å². The number of nitrogens with one attached hydrogen (secondary N) is 1. The number of halogens is 1. The van der Waals surface area contributed by atoms with Crippen molar-refractivity contribution in [2.75, 3.05) is 25.1 Å². The fourth-order valence-corrected chi connectivity index (χ4v) is 3.98. The molecule has 1 aliphatic heterocycles. The van der Waals surface area contributed by atoms with Gasteiger partial charge in [-0.15, -0.1) is 0 Å². The molecule has 5 nitrogen and oxygen atoms in total. The molecule has 26 heavy (non-hydrogen) atoms. The number of carbonyl (C=O) groups is 1. The molecule has 1 fully saturated rings. The van der Waals surface area contributed by atoms with E-state index in [9.17, 15) is 4.79 Å². The van der Waals surface area contributed by atoms with E-state index >= 15 is 0 Å². The van der Waals surface area contributed by atoms with Gasteiger partial charge in [0.25, 0.3) is 0 Å². The van der Waals surface area contributed by atoms with Crippen LogP contribution in [0, 0.1) is 0 Å². The van der Waals surface area contributed by atoms with Crippen molar-refractivity contribution in [3.8, 4) is 0 Å². The zero-order valence-corrected chi connectivity index (χ0v) is 17.8. The molecule has 1 aromatic heterocycles. The zero-order valence-electron chi connectivity index (χ0n) is 16.3. The lowest BCUT2D eigenvalue weighted by atomic mass is 9.99. The first-order valence-electron chi connectivity index (χ1n) is 9.83. The molecular formula is C20H32BrN3O2. The molecule has 2 heterocycles. The Balaban J connectivity index is 1.96. The molecule has 0 radical (unpaired) electrons. The van der Waals surface area contributed by atoms with Crippen LogP contribution in [-0.2, 0) is 4.74 Å². The second kappa shape index (κ2) is 10.9. The molecule has 146 valence electrons. The van der Waals surface area contributed by atoms with Gasteiger partial charge in [-0.2, -0.15) is 0 Å². The lowest BCUT2D eigenvalue weighted by molar-refractivity contribution is 0.0601. The van der Waals surface area contributed by atoms with Crippen molar-refractivity contribution < 1.29 is 9.53 Å². The fraction of sp³-hybridized carbons (Fsp3) is 0.700. The van der Waals surface area contributed by atoms with Crippen LogP contribution in [0.1, 0.15) is 69.2 Å². The van der Waals surface area contributed by atoms with E-state index < -0.39 is 0 Å². The molecule has 0 aromatic carbocycles. The molecule has 0 bridgehead atoms. The minimum absolute atomic E-state index is 0.336. The van der Waals surface area contributed by atoms with Gasteiger partial charge in [-0.1, -0.05) is 33.1 Å². The topological polar surface area (TPSA) is 54.5 Å². The van der Waals surface area contributed by atoms with Gasteiger partial charge in [0.15, 0.2) is 0 Å². The van der Waals surface area contributed by atoms with E-state index in [1.807, 2.05) is 0 Å². The maximum Gasteiger partial charge on any atom is 0.341 e. The number of carbonyl (C=O) groups excluding carboxylic acids is 1. The predicted molar refractivity (Wildman–Crippen MR) is 110 cm³/mol. The SMILES string of the molecule is CCCCC(CCC)NC1CCN(c2ncc(Br)cc2C(=O)OC)CC1. The van der Waals surface area contributed by atoms with Crippen molar-refractivity contribution >= 4 is 27.7 Å². The summed E-state index contributed by atoms with van der Waals surface area (Å²) in [6.45, 7) is 6.33. The Morgan fingerprint density at radius 1 is 1.35 bits per heavy atom. The van der Waals surface area contributed by atoms with Crippen molar-refractivity contribution in [1.82, 2.24) is 10.3 Å². The quantitative estimate of drug-likeness (QED) is 0.588. The summed E-state index contributed by atoms with van der Waals surface area (Å²) < 4.78 is 5.71. The normalized spacial score (nSPS) is 16.5. The Bertz CT molecular complexity index is 574. The third kappa shape index (κ3) is 5.95. The number of nitrogens with zero attached hydrogens (tertiary/aromatic N) is 2. The minimum Gasteiger partial charge on any atom is -0.465 e. The molecule has 0 aliphatic carbocycles. The van der Waals surface area contributed by atoms with Gasteiger partial charge in [-0.05, 0) is 47.7 Å². The smallest absolute Gasteiger partial charge is 0.341 e. The number of aromatic nitrogens is 1. The van der Waals surface area contributed by atoms with Crippen LogP contribution >= 0.6 is 15.9 Å². The molecule has 1 aliphatic rings. The minimum atomic E-state index is -0.336. The van der Waals surface area contributed by atoms with Crippen molar-refractivity contribution in [3.05, 3.63) is 22.3 Å². The number of anilines is 1. The van der Waals surface area contributed by atoms with Gasteiger partial charge in [0.05, 0.1) is 7.11 Å². The van der Waals surface area contributed by atoms with E-state index in [1.165, 1.54) is 39.2 Å². The maximum absolute atomic E-state index is 12.1. The van der Waals surface area contributed by atoms with Crippen molar-refractivity contribution in [3.63, 3.8) is 0 Å². The number of piperidine rings is 1. The molecular weight excluding hydrogens is 394 g/mol. The number of esters is 1. The van der Waals surface area contributed by atoms with Crippen molar-refractivity contribution in [1.29, 1.82) is 0 Å². The Kier molecular flexibility index (Phi) is 8.85. The Morgan fingerprint density at radius 2 is 2.08 bits per heavy atom. The average Bonchev–Trinajstić information content (AvgIpc) is 2.66. The molecule has 2 rings (SSSR count). The highest BCUT2D eigenvalue weighted by atomic mass is 79.9. The molecule has 1 unspecified atom stereocenters. The first-order valence-corrected chi connectivity index (χ1v) is 10.6. The zero-order chi connectivity index (χ0) is 18.9. The van der Waals surface area contributed by atoms with Crippen LogP contribution in [0.5, 0.6) is 0 Å². The average molecular weight is 426 g/mol. The summed E-state index contributed by atoms with van der Waals surface area (Å²) in [6, 6.07) is 2.98. The molecule has 1 aromatic rings. The molecule has 6 heteroatoms. The number of rotatable bonds is 9. The molecule has 1 saturated heterocycles. The summed E-state index contributed by atoms with van der Waals surface area (Å²) in [5.74, 6) is 0.395. The van der Waals surface area contributed by atoms with Crippen molar-refractivity contribution in [2.45, 2.75) is 70.9 Å². The van der Waals surface area contributed by atoms with Gasteiger partial charge in [-0.25, -0.2) is 9.78 Å². The van der Waals surface area contributed by atoms with Crippen LogP contribution in [0.15, 0.2) is 16.7 Å². The predicted octanol–water partition coefficient (Wildman–Crippen LogP) is 4.55. The van der Waals surface area contributed by atoms with Crippen LogP contribution in [0.25, 0.3) is 0 Å². The molecule has 0 saturated carbocycles. The van der Waals surface area contributed by atoms with E-state index in [0.29, 0.717) is 17.6 Å². The van der Waals surface area contributed by atoms with Crippen LogP contribution in [-0.4, -0.2) is 43.2 Å². The highest BCUT2D eigenvalue weighted by Gasteiger charge is 2.25. The Labute approximate surface area is 166 Å². The number of pyridine rings is 1. The lowest BCUT2D eigenvalue weighted by Crippen LogP contribution is -2.46. The third-order valence-corrected chi connectivity index (χ3v) is 5.48. The number of hydrogen-bond donors (Lipinski definition) is 1. The number of methoxy groups -OCH3 is 1. The summed E-state index contributed by atoms with van der Waals surface area (Å²) in [5, 5.41) is 3.88. The van der Waals surface area contributed by atoms with Gasteiger partial charge in [-0.3, -0.25) is 0 Å². The Hall–Kier alpha value is -1.14. The highest BCUT2D eigenvalue weighted by Crippen LogP contribution is 2.26. The summed E-state index contributed by atoms with van der Waals surface area (Å²) >= 11 is 3.39. The van der Waals surface area contributed by atoms with Gasteiger partial charge in [0.2, 0.25) is 0 Å². The maximum atomic E-state index is 12.1. The lowest BCUT2D eigenvalue weighted by Gasteiger charge is -2.36. The number of hydrogen-bond acceptors (Lipinski definition) is 5. The van der Waals surface area contributed by atoms with Crippen molar-refractivity contribution in [2.24, 2.45) is 0 Å². The second-order valence-electron chi connectivity index (χ2n) is 7.07. The van der Waals surface area contributed by atoms with Crippen LogP contribution in [0.3, 0.4) is 0 Å². The van der Waals surface area contributed by atoms with Crippen LogP contribution in [0.2, 0.25) is 0 Å². The monoisotopic (exact) mass is 425 g/mol. The first kappa shape index (κ1) is 21.2. The Morgan fingerprint density at radius 3 is 2.69 bits per heavy atom. The second-order valence-corrected chi connectivity index (χ2v) is 7.99. The number of ether oxygens (including phenoxy) is 1. The van der Waals surface area contributed by atoms with E-state index in [2.05, 4.69) is 45.0 Å². The molecule has 0 spiro atoms. The summed E-state index contributed by atoms with van der Waals surface area (Å²) in [6.07, 6.45) is 10.2. The van der Waals surface area contributed by atoms with E-state index in [0.717, 1.165) is 36.2 Å². The van der Waals surface area contributed by atoms with Crippen LogP contribution < -0.4 is 10.2 Å². The summed E-state index contributed by atoms with van der Waals surface area (Å²) in [5.41, 5.74) is 0.528. The molecule has 1 N–H and O–H groups in total. The molecule has 0 amide bonds. The first-order chi connectivity index (χ1) is 12.6. The largest absolute Gasteiger partial charge is 0.465 e. The third-order valence-electron chi connectivity index (χ3n) is 5.05. The van der Waals surface area contributed by atoms with Crippen LogP contribution in [0.4, 0.5) is 5.82 Å². The van der Waals surface area contributed by atoms with E-state index in [1.54, 1.807) is 12.3 Å². The highest BCUT2D eigenvalue weighted by molar-refractivity contribution is 9.10. The van der Waals surface area contributed by atoms with Gasteiger partial charge < -0.3 is 15.0 Å². The fourth-order valence-electron chi connectivity index (χ4n) is 3.65. The van der Waals surface area contributed by atoms with Gasteiger partial charge in [0.1, 0.15) is 11.4 Å². The number of unbranched alkanes of at least 4 members (excludes halogenated alkanes) is 1. The standard InChI is InChI=1S/C20H32BrN3O2/c1-4-6-8-16(7-5-2)23-17-9-11-24(12-10-17)19-18(20(25)26-3)13-15(21)14-22-19/h13-14,16-17,23H,4-12H2,1-3H3.